The number of benzene rings is 1. The summed E-state index contributed by atoms with van der Waals surface area (Å²) >= 11 is 4.40. The number of thiocarbonyl (C=S) groups is 1. The van der Waals surface area contributed by atoms with Gasteiger partial charge in [0.1, 0.15) is 0 Å². The molecule has 0 saturated carbocycles. The first-order valence-electron chi connectivity index (χ1n) is 2.93. The molecule has 0 atom stereocenters. The van der Waals surface area contributed by atoms with Gasteiger partial charge < -0.3 is 0 Å². The smallest absolute Gasteiger partial charge is 0.233 e. The predicted molar refractivity (Wildman–Crippen MR) is 45.9 cm³/mol. The first kappa shape index (κ1) is 7.79. The van der Waals surface area contributed by atoms with E-state index in [2.05, 4.69) is 22.4 Å². The average molecular weight is 162 g/mol. The number of rotatable bonds is 2. The highest BCUT2D eigenvalue weighted by molar-refractivity contribution is 7.78. The summed E-state index contributed by atoms with van der Waals surface area (Å²) in [6.45, 7) is 0. The van der Waals surface area contributed by atoms with Crippen molar-refractivity contribution >= 4 is 29.4 Å². The molecule has 1 rings (SSSR count). The molecule has 0 unspecified atom stereocenters. The van der Waals surface area contributed by atoms with Crippen molar-refractivity contribution in [2.45, 2.75) is 0 Å². The lowest BCUT2D eigenvalue weighted by Crippen LogP contribution is -1.75. The van der Waals surface area contributed by atoms with Crippen LogP contribution in [0.15, 0.2) is 29.3 Å². The van der Waals surface area contributed by atoms with Crippen molar-refractivity contribution < 1.29 is 4.79 Å². The van der Waals surface area contributed by atoms with Gasteiger partial charge in [-0.1, -0.05) is 0 Å². The van der Waals surface area contributed by atoms with E-state index in [0.29, 0.717) is 11.3 Å². The number of carbonyl (C=O) groups excluding carboxylic acids is 1. The van der Waals surface area contributed by atoms with E-state index in [-0.39, 0.29) is 0 Å². The molecule has 0 aliphatic heterocycles. The van der Waals surface area contributed by atoms with E-state index in [4.69, 9.17) is 0 Å². The topological polar surface area (TPSA) is 29.4 Å². The van der Waals surface area contributed by atoms with Crippen molar-refractivity contribution in [3.8, 4) is 0 Å². The van der Waals surface area contributed by atoms with Gasteiger partial charge in [0.25, 0.3) is 0 Å². The maximum Gasteiger partial charge on any atom is 0.233 e. The molecule has 0 N–H and O–H groups in total. The summed E-state index contributed by atoms with van der Waals surface area (Å²) in [6, 6.07) is 6.61. The molecule has 1 aromatic carbocycles. The zero-order valence-corrected chi connectivity index (χ0v) is 6.39. The molecule has 1 aromatic rings. The summed E-state index contributed by atoms with van der Waals surface area (Å²) in [7, 11) is 0. The standard InChI is InChI=1S/C8H4NOS/c10-5-7-1-3-8(4-2-7)9-6-11/h1-4H. The van der Waals surface area contributed by atoms with E-state index < -0.39 is 0 Å². The van der Waals surface area contributed by atoms with Gasteiger partial charge in [0.2, 0.25) is 6.29 Å². The second-order valence-electron chi connectivity index (χ2n) is 1.85. The molecule has 3 heteroatoms. The average Bonchev–Trinajstić information content (AvgIpc) is 2.07. The number of aliphatic imine (C=N–C) groups is 1. The zero-order chi connectivity index (χ0) is 8.10. The summed E-state index contributed by atoms with van der Waals surface area (Å²) in [4.78, 5) is 13.8. The molecule has 11 heavy (non-hydrogen) atoms. The third kappa shape index (κ3) is 2.08. The lowest BCUT2D eigenvalue weighted by atomic mass is 10.2. The Labute approximate surface area is 69.6 Å². The minimum absolute atomic E-state index is 0.508. The lowest BCUT2D eigenvalue weighted by Gasteiger charge is -1.88. The third-order valence-corrected chi connectivity index (χ3v) is 1.25. The van der Waals surface area contributed by atoms with Crippen LogP contribution in [0.3, 0.4) is 0 Å². The normalized spacial score (nSPS) is 8.36. The Bertz CT molecular complexity index is 298. The third-order valence-electron chi connectivity index (χ3n) is 1.16. The van der Waals surface area contributed by atoms with Crippen molar-refractivity contribution in [2.75, 3.05) is 0 Å². The maximum atomic E-state index is 10.1. The van der Waals surface area contributed by atoms with Crippen molar-refractivity contribution in [2.24, 2.45) is 4.99 Å². The Morgan fingerprint density at radius 3 is 2.36 bits per heavy atom. The zero-order valence-electron chi connectivity index (χ0n) is 5.57. The Balaban J connectivity index is 2.99. The largest absolute Gasteiger partial charge is 0.285 e. The molecule has 0 heterocycles. The Kier molecular flexibility index (Phi) is 2.66. The van der Waals surface area contributed by atoms with Gasteiger partial charge in [0.15, 0.2) is 0 Å². The molecule has 0 amide bonds. The fourth-order valence-corrected chi connectivity index (χ4v) is 0.762. The summed E-state index contributed by atoms with van der Waals surface area (Å²) in [5.74, 6) is 0. The minimum atomic E-state index is 0.508. The van der Waals surface area contributed by atoms with E-state index in [1.807, 2.05) is 0 Å². The van der Waals surface area contributed by atoms with Gasteiger partial charge in [-0.05, 0) is 36.5 Å². The number of nitrogens with zero attached hydrogens (tertiary/aromatic N) is 1. The van der Waals surface area contributed by atoms with Gasteiger partial charge in [-0.2, -0.15) is 4.99 Å². The number of hydrogen-bond acceptors (Lipinski definition) is 3. The van der Waals surface area contributed by atoms with Gasteiger partial charge in [-0.25, -0.2) is 0 Å². The number of hydrogen-bond donors (Lipinski definition) is 0. The molecular formula is C8H4NOS. The Morgan fingerprint density at radius 1 is 1.27 bits per heavy atom. The van der Waals surface area contributed by atoms with Gasteiger partial charge >= 0.3 is 0 Å². The molecule has 0 aliphatic rings. The molecule has 53 valence electrons. The second-order valence-corrected chi connectivity index (χ2v) is 2.03. The molecular weight excluding hydrogens is 158 g/mol. The van der Waals surface area contributed by atoms with E-state index in [0.717, 1.165) is 0 Å². The van der Waals surface area contributed by atoms with Crippen LogP contribution in [0.2, 0.25) is 0 Å². The molecule has 0 aliphatic carbocycles. The first-order chi connectivity index (χ1) is 5.36. The summed E-state index contributed by atoms with van der Waals surface area (Å²) in [5.41, 5.74) is 1.20. The fourth-order valence-electron chi connectivity index (χ4n) is 0.657. The molecule has 0 spiro atoms. The van der Waals surface area contributed by atoms with Gasteiger partial charge in [-0.15, -0.1) is 0 Å². The summed E-state index contributed by atoms with van der Waals surface area (Å²) in [5, 5.41) is 2.23. The van der Waals surface area contributed by atoms with Crippen LogP contribution in [0, 0.1) is 0 Å². The Hall–Kier alpha value is -1.31. The quantitative estimate of drug-likeness (QED) is 0.490. The van der Waals surface area contributed by atoms with Gasteiger partial charge in [0.05, 0.1) is 10.8 Å². The van der Waals surface area contributed by atoms with Crippen LogP contribution in [-0.2, 0) is 4.79 Å². The highest BCUT2D eigenvalue weighted by atomic mass is 32.1. The summed E-state index contributed by atoms with van der Waals surface area (Å²) in [6.07, 6.45) is 1.76. The molecule has 0 saturated heterocycles. The van der Waals surface area contributed by atoms with Crippen LogP contribution in [-0.4, -0.2) is 11.4 Å². The Morgan fingerprint density at radius 2 is 1.91 bits per heavy atom. The lowest BCUT2D eigenvalue weighted by molar-refractivity contribution is 0.563. The van der Waals surface area contributed by atoms with Crippen LogP contribution < -0.4 is 0 Å². The van der Waals surface area contributed by atoms with E-state index in [1.165, 1.54) is 0 Å². The van der Waals surface area contributed by atoms with Crippen LogP contribution in [0.4, 0.5) is 5.69 Å². The monoisotopic (exact) mass is 162 g/mol. The van der Waals surface area contributed by atoms with Crippen LogP contribution in [0.1, 0.15) is 5.56 Å². The highest BCUT2D eigenvalue weighted by Gasteiger charge is 1.89. The van der Waals surface area contributed by atoms with Crippen molar-refractivity contribution in [3.05, 3.63) is 29.8 Å². The molecule has 1 radical (unpaired) electrons. The van der Waals surface area contributed by atoms with Gasteiger partial charge in [-0.3, -0.25) is 4.79 Å². The SMILES string of the molecule is O=[C]c1ccc(N=C=S)cc1. The van der Waals surface area contributed by atoms with Crippen LogP contribution >= 0.6 is 12.2 Å². The van der Waals surface area contributed by atoms with Crippen LogP contribution in [0.25, 0.3) is 0 Å². The van der Waals surface area contributed by atoms with E-state index in [9.17, 15) is 4.79 Å². The molecule has 2 nitrogen and oxygen atoms in total. The fraction of sp³-hybridized carbons (Fsp3) is 0. The van der Waals surface area contributed by atoms with Crippen LogP contribution in [0.5, 0.6) is 0 Å². The predicted octanol–water partition coefficient (Wildman–Crippen LogP) is 1.88. The molecule has 0 fully saturated rings. The van der Waals surface area contributed by atoms with Gasteiger partial charge in [0, 0.05) is 5.56 Å². The minimum Gasteiger partial charge on any atom is -0.285 e. The number of isothiocyanates is 1. The van der Waals surface area contributed by atoms with Crippen molar-refractivity contribution in [3.63, 3.8) is 0 Å². The maximum absolute atomic E-state index is 10.1. The second kappa shape index (κ2) is 3.76. The highest BCUT2D eigenvalue weighted by Crippen LogP contribution is 2.10. The summed E-state index contributed by atoms with van der Waals surface area (Å²) < 4.78 is 0. The first-order valence-corrected chi connectivity index (χ1v) is 3.34. The van der Waals surface area contributed by atoms with Crippen molar-refractivity contribution in [1.29, 1.82) is 0 Å². The molecule has 0 aromatic heterocycles. The van der Waals surface area contributed by atoms with Crippen molar-refractivity contribution in [1.82, 2.24) is 0 Å². The van der Waals surface area contributed by atoms with E-state index in [1.54, 1.807) is 30.6 Å². The van der Waals surface area contributed by atoms with E-state index >= 15 is 0 Å². The molecule has 0 bridgehead atoms.